The molecular formula is C45H31N3OS2. The van der Waals surface area contributed by atoms with E-state index >= 15 is 0 Å². The topological polar surface area (TPSA) is 49.2 Å². The van der Waals surface area contributed by atoms with Crippen LogP contribution in [0.2, 0.25) is 0 Å². The summed E-state index contributed by atoms with van der Waals surface area (Å²) >= 11 is 3.74. The highest BCUT2D eigenvalue weighted by Gasteiger charge is 2.31. The highest BCUT2D eigenvalue weighted by Crippen LogP contribution is 2.45. The quantitative estimate of drug-likeness (QED) is 0.172. The van der Waals surface area contributed by atoms with Gasteiger partial charge in [0.25, 0.3) is 0 Å². The van der Waals surface area contributed by atoms with Gasteiger partial charge in [0.15, 0.2) is 0 Å². The summed E-state index contributed by atoms with van der Waals surface area (Å²) in [4.78, 5) is 0. The van der Waals surface area contributed by atoms with Gasteiger partial charge < -0.3 is 4.42 Å². The molecule has 4 nitrogen and oxygen atoms in total. The fraction of sp³-hybridized carbons (Fsp3) is 0.0667. The molecule has 4 heterocycles. The molecule has 1 aliphatic rings. The molecule has 1 saturated heterocycles. The Morgan fingerprint density at radius 1 is 0.412 bits per heavy atom. The fourth-order valence-corrected chi connectivity index (χ4v) is 10.5. The maximum Gasteiger partial charge on any atom is 0.136 e. The van der Waals surface area contributed by atoms with Crippen molar-refractivity contribution in [1.82, 2.24) is 16.0 Å². The van der Waals surface area contributed by atoms with Crippen LogP contribution in [0.25, 0.3) is 73.4 Å². The minimum Gasteiger partial charge on any atom is -0.456 e. The Morgan fingerprint density at radius 3 is 1.82 bits per heavy atom. The molecule has 0 saturated carbocycles. The van der Waals surface area contributed by atoms with Gasteiger partial charge in [-0.25, -0.2) is 0 Å². The van der Waals surface area contributed by atoms with Crippen molar-refractivity contribution in [2.45, 2.75) is 18.5 Å². The maximum absolute atomic E-state index is 6.54. The molecule has 3 atom stereocenters. The van der Waals surface area contributed by atoms with Crippen molar-refractivity contribution in [2.24, 2.45) is 0 Å². The van der Waals surface area contributed by atoms with Gasteiger partial charge in [0.1, 0.15) is 11.2 Å². The van der Waals surface area contributed by atoms with Crippen LogP contribution in [0.5, 0.6) is 0 Å². The molecule has 3 N–H and O–H groups in total. The normalized spacial score (nSPS) is 18.2. The van der Waals surface area contributed by atoms with Crippen molar-refractivity contribution in [1.29, 1.82) is 0 Å². The van der Waals surface area contributed by atoms with Crippen LogP contribution in [0, 0.1) is 0 Å². The molecule has 3 unspecified atom stereocenters. The third kappa shape index (κ3) is 4.69. The molecule has 6 heteroatoms. The molecule has 0 bridgehead atoms. The molecular weight excluding hydrogens is 663 g/mol. The lowest BCUT2D eigenvalue weighted by atomic mass is 9.96. The third-order valence-electron chi connectivity index (χ3n) is 10.4. The number of nitrogens with one attached hydrogen (secondary N) is 3. The van der Waals surface area contributed by atoms with E-state index < -0.39 is 0 Å². The average molecular weight is 694 g/mol. The second kappa shape index (κ2) is 11.6. The minimum atomic E-state index is -0.126. The van der Waals surface area contributed by atoms with E-state index in [9.17, 15) is 0 Å². The van der Waals surface area contributed by atoms with Gasteiger partial charge in [-0.2, -0.15) is 0 Å². The largest absolute Gasteiger partial charge is 0.456 e. The van der Waals surface area contributed by atoms with Crippen LogP contribution in [0.1, 0.15) is 35.2 Å². The Balaban J connectivity index is 1.06. The second-order valence-electron chi connectivity index (χ2n) is 13.3. The first kappa shape index (κ1) is 29.4. The standard InChI is InChI=1S/C45H31N3OS2/c1-2-11-26(12-3-1)43-46-44(48-45(47-43)34-19-9-17-32-29-14-5-7-22-39(29)51-42(32)34)27-23-24-36-35(25-27)40-30(15-10-20-37(40)49-36)33-18-8-16-31-28-13-4-6-21-38(28)50-41(31)33/h1-25,43-48H. The van der Waals surface area contributed by atoms with Crippen LogP contribution in [0.3, 0.4) is 0 Å². The molecule has 11 rings (SSSR count). The van der Waals surface area contributed by atoms with Crippen LogP contribution in [-0.4, -0.2) is 0 Å². The molecule has 0 radical (unpaired) electrons. The van der Waals surface area contributed by atoms with Gasteiger partial charge in [0.05, 0.1) is 18.5 Å². The molecule has 1 aliphatic heterocycles. The smallest absolute Gasteiger partial charge is 0.136 e. The maximum atomic E-state index is 6.54. The zero-order valence-electron chi connectivity index (χ0n) is 27.4. The summed E-state index contributed by atoms with van der Waals surface area (Å²) in [6, 6.07) is 54.6. The molecule has 51 heavy (non-hydrogen) atoms. The summed E-state index contributed by atoms with van der Waals surface area (Å²) in [5.41, 5.74) is 7.86. The first-order valence-electron chi connectivity index (χ1n) is 17.4. The lowest BCUT2D eigenvalue weighted by molar-refractivity contribution is 0.204. The van der Waals surface area contributed by atoms with E-state index in [4.69, 9.17) is 4.42 Å². The monoisotopic (exact) mass is 693 g/mol. The lowest BCUT2D eigenvalue weighted by Crippen LogP contribution is -2.54. The van der Waals surface area contributed by atoms with Crippen molar-refractivity contribution in [3.8, 4) is 11.1 Å². The summed E-state index contributed by atoms with van der Waals surface area (Å²) < 4.78 is 11.8. The molecule has 0 aliphatic carbocycles. The van der Waals surface area contributed by atoms with Gasteiger partial charge in [0, 0.05) is 62.2 Å². The summed E-state index contributed by atoms with van der Waals surface area (Å²) in [6.07, 6.45) is -0.278. The SMILES string of the molecule is c1ccc(C2NC(c3ccc4oc5cccc(-c6cccc7c6sc6ccccc67)c5c4c3)NC(c3cccc4c3sc3ccccc34)N2)cc1. The summed E-state index contributed by atoms with van der Waals surface area (Å²) in [6.45, 7) is 0. The molecule has 10 aromatic rings. The van der Waals surface area contributed by atoms with Crippen molar-refractivity contribution in [3.05, 3.63) is 168 Å². The van der Waals surface area contributed by atoms with Crippen molar-refractivity contribution >= 4 is 85.0 Å². The van der Waals surface area contributed by atoms with Gasteiger partial charge in [-0.1, -0.05) is 121 Å². The van der Waals surface area contributed by atoms with Crippen molar-refractivity contribution < 1.29 is 4.42 Å². The molecule has 7 aromatic carbocycles. The Morgan fingerprint density at radius 2 is 1.02 bits per heavy atom. The van der Waals surface area contributed by atoms with E-state index in [1.165, 1.54) is 62.6 Å². The van der Waals surface area contributed by atoms with Gasteiger partial charge in [-0.15, -0.1) is 22.7 Å². The zero-order valence-corrected chi connectivity index (χ0v) is 29.0. The summed E-state index contributed by atoms with van der Waals surface area (Å²) in [5, 5.41) is 19.3. The van der Waals surface area contributed by atoms with Crippen molar-refractivity contribution in [3.63, 3.8) is 0 Å². The first-order valence-corrected chi connectivity index (χ1v) is 19.0. The number of furan rings is 1. The van der Waals surface area contributed by atoms with Crippen LogP contribution in [0.15, 0.2) is 156 Å². The molecule has 0 amide bonds. The highest BCUT2D eigenvalue weighted by molar-refractivity contribution is 7.26. The molecule has 0 spiro atoms. The van der Waals surface area contributed by atoms with E-state index in [0.29, 0.717) is 0 Å². The van der Waals surface area contributed by atoms with Crippen LogP contribution in [-0.2, 0) is 0 Å². The van der Waals surface area contributed by atoms with E-state index in [0.717, 1.165) is 27.5 Å². The Hall–Kier alpha value is -5.34. The van der Waals surface area contributed by atoms with E-state index in [1.54, 1.807) is 0 Å². The predicted molar refractivity (Wildman–Crippen MR) is 215 cm³/mol. The van der Waals surface area contributed by atoms with Crippen LogP contribution in [0.4, 0.5) is 0 Å². The lowest BCUT2D eigenvalue weighted by Gasteiger charge is -2.39. The fourth-order valence-electron chi connectivity index (χ4n) is 8.06. The second-order valence-corrected chi connectivity index (χ2v) is 15.5. The first-order chi connectivity index (χ1) is 25.3. The third-order valence-corrected chi connectivity index (χ3v) is 12.9. The number of hydrogen-bond acceptors (Lipinski definition) is 6. The zero-order chi connectivity index (χ0) is 33.5. The minimum absolute atomic E-state index is 0.0648. The Kier molecular flexibility index (Phi) is 6.69. The Labute approximate surface area is 302 Å². The summed E-state index contributed by atoms with van der Waals surface area (Å²) in [7, 11) is 0. The van der Waals surface area contributed by atoms with Gasteiger partial charge >= 0.3 is 0 Å². The highest BCUT2D eigenvalue weighted by atomic mass is 32.1. The van der Waals surface area contributed by atoms with E-state index in [2.05, 4.69) is 168 Å². The molecule has 3 aromatic heterocycles. The number of fused-ring (bicyclic) bond motifs is 9. The van der Waals surface area contributed by atoms with Crippen LogP contribution >= 0.6 is 22.7 Å². The van der Waals surface area contributed by atoms with Gasteiger partial charge in [-0.05, 0) is 47.0 Å². The average Bonchev–Trinajstić information content (AvgIpc) is 3.89. The van der Waals surface area contributed by atoms with E-state index in [1.807, 2.05) is 22.7 Å². The van der Waals surface area contributed by atoms with Crippen molar-refractivity contribution in [2.75, 3.05) is 0 Å². The molecule has 1 fully saturated rings. The number of benzene rings is 7. The van der Waals surface area contributed by atoms with Gasteiger partial charge in [-0.3, -0.25) is 16.0 Å². The van der Waals surface area contributed by atoms with Gasteiger partial charge in [0.2, 0.25) is 0 Å². The Bertz CT molecular complexity index is 2940. The number of thiophene rings is 2. The van der Waals surface area contributed by atoms with E-state index in [-0.39, 0.29) is 18.5 Å². The summed E-state index contributed by atoms with van der Waals surface area (Å²) in [5.74, 6) is 0. The molecule has 244 valence electrons. The number of hydrogen-bond donors (Lipinski definition) is 3. The predicted octanol–water partition coefficient (Wildman–Crippen LogP) is 12.2. The number of rotatable bonds is 4. The van der Waals surface area contributed by atoms with Crippen LogP contribution < -0.4 is 16.0 Å².